The number of nitrogens with zero attached hydrogens (tertiary/aromatic N) is 7. The third-order valence-corrected chi connectivity index (χ3v) is 7.07. The molecule has 2 bridgehead atoms. The molecule has 158 valence electrons. The van der Waals surface area contributed by atoms with Gasteiger partial charge in [0.2, 0.25) is 5.95 Å². The average Bonchev–Trinajstić information content (AvgIpc) is 3.54. The molecule has 0 aliphatic carbocycles. The summed E-state index contributed by atoms with van der Waals surface area (Å²) < 4.78 is 3.02. The molecule has 2 unspecified atom stereocenters. The van der Waals surface area contributed by atoms with E-state index in [-0.39, 0.29) is 29.5 Å². The van der Waals surface area contributed by atoms with Crippen molar-refractivity contribution in [2.24, 2.45) is 0 Å². The highest BCUT2D eigenvalue weighted by molar-refractivity contribution is 7.13. The Morgan fingerprint density at radius 2 is 2.06 bits per heavy atom. The number of fused-ring (bicyclic) bond motifs is 3. The van der Waals surface area contributed by atoms with Gasteiger partial charge in [0.1, 0.15) is 5.52 Å². The number of thiazole rings is 1. The molecule has 1 N–H and O–H groups in total. The van der Waals surface area contributed by atoms with E-state index >= 15 is 0 Å². The summed E-state index contributed by atoms with van der Waals surface area (Å²) in [6.45, 7) is 3.41. The molecular weight excluding hydrogens is 416 g/mol. The number of anilines is 1. The summed E-state index contributed by atoms with van der Waals surface area (Å²) in [6, 6.07) is 3.77. The first kappa shape index (κ1) is 18.3. The van der Waals surface area contributed by atoms with Crippen LogP contribution in [0.4, 0.5) is 5.13 Å². The Labute approximate surface area is 180 Å². The van der Waals surface area contributed by atoms with Crippen LogP contribution in [0.25, 0.3) is 11.5 Å². The van der Waals surface area contributed by atoms with Crippen LogP contribution in [0.1, 0.15) is 28.9 Å². The molecule has 1 amide bonds. The van der Waals surface area contributed by atoms with Crippen molar-refractivity contribution in [3.63, 3.8) is 0 Å². The summed E-state index contributed by atoms with van der Waals surface area (Å²) in [7, 11) is 0. The van der Waals surface area contributed by atoms with Gasteiger partial charge >= 0.3 is 0 Å². The van der Waals surface area contributed by atoms with Crippen LogP contribution >= 0.6 is 11.3 Å². The zero-order valence-corrected chi connectivity index (χ0v) is 17.6. The Kier molecular flexibility index (Phi) is 4.00. The number of aromatic amines is 1. The molecule has 4 aromatic heterocycles. The van der Waals surface area contributed by atoms with Crippen LogP contribution in [0.3, 0.4) is 0 Å². The van der Waals surface area contributed by atoms with Gasteiger partial charge in [-0.25, -0.2) is 14.2 Å². The number of piperazine rings is 1. The molecule has 6 heterocycles. The van der Waals surface area contributed by atoms with Gasteiger partial charge in [0.25, 0.3) is 11.5 Å². The molecule has 31 heavy (non-hydrogen) atoms. The smallest absolute Gasteiger partial charge is 0.276 e. The minimum absolute atomic E-state index is 0.0144. The SMILES string of the molecule is Cc1c(C(=O)N2C3CCC2CN(c2nccs2)C3)cnn1-c1nn2cccc2c(=O)[nH]1. The lowest BCUT2D eigenvalue weighted by Gasteiger charge is -2.41. The quantitative estimate of drug-likeness (QED) is 0.522. The Balaban J connectivity index is 1.30. The van der Waals surface area contributed by atoms with Gasteiger partial charge in [-0.1, -0.05) is 0 Å². The molecule has 2 aliphatic rings. The van der Waals surface area contributed by atoms with E-state index < -0.39 is 0 Å². The average molecular weight is 437 g/mol. The molecule has 4 aromatic rings. The minimum atomic E-state index is -0.255. The second-order valence-electron chi connectivity index (χ2n) is 7.99. The van der Waals surface area contributed by atoms with Gasteiger partial charge in [-0.2, -0.15) is 5.10 Å². The highest BCUT2D eigenvalue weighted by Gasteiger charge is 2.44. The standard InChI is InChI=1S/C20H20N8O2S/c1-12-15(9-22-28(12)19-23-17(29)16-3-2-7-26(16)24-19)18(30)27-13-4-5-14(27)11-25(10-13)20-21-6-8-31-20/h2-3,6-9,13-14H,4-5,10-11H2,1H3,(H,23,24,29). The first-order valence-electron chi connectivity index (χ1n) is 10.2. The maximum Gasteiger partial charge on any atom is 0.276 e. The highest BCUT2D eigenvalue weighted by Crippen LogP contribution is 2.34. The number of hydrogen-bond donors (Lipinski definition) is 1. The van der Waals surface area contributed by atoms with Gasteiger partial charge in [-0.3, -0.25) is 14.6 Å². The van der Waals surface area contributed by atoms with Gasteiger partial charge in [0.15, 0.2) is 5.13 Å². The van der Waals surface area contributed by atoms with Crippen LogP contribution in [0, 0.1) is 6.92 Å². The van der Waals surface area contributed by atoms with Crippen LogP contribution in [-0.2, 0) is 0 Å². The largest absolute Gasteiger partial charge is 0.344 e. The molecular formula is C20H20N8O2S. The maximum atomic E-state index is 13.5. The molecule has 0 aromatic carbocycles. The maximum absolute atomic E-state index is 13.5. The van der Waals surface area contributed by atoms with Crippen LogP contribution in [0.15, 0.2) is 40.9 Å². The predicted molar refractivity (Wildman–Crippen MR) is 115 cm³/mol. The van der Waals surface area contributed by atoms with E-state index in [1.807, 2.05) is 23.4 Å². The predicted octanol–water partition coefficient (Wildman–Crippen LogP) is 1.47. The zero-order chi connectivity index (χ0) is 21.1. The van der Waals surface area contributed by atoms with Crippen molar-refractivity contribution in [3.05, 3.63) is 57.7 Å². The van der Waals surface area contributed by atoms with Crippen LogP contribution in [0.5, 0.6) is 0 Å². The van der Waals surface area contributed by atoms with E-state index in [9.17, 15) is 9.59 Å². The van der Waals surface area contributed by atoms with Crippen molar-refractivity contribution in [2.45, 2.75) is 31.8 Å². The monoisotopic (exact) mass is 436 g/mol. The molecule has 11 heteroatoms. The van der Waals surface area contributed by atoms with Crippen molar-refractivity contribution in [3.8, 4) is 5.95 Å². The molecule has 2 atom stereocenters. The number of aromatic nitrogens is 6. The van der Waals surface area contributed by atoms with Crippen LogP contribution in [-0.4, -0.2) is 65.3 Å². The molecule has 0 spiro atoms. The molecule has 0 radical (unpaired) electrons. The molecule has 6 rings (SSSR count). The van der Waals surface area contributed by atoms with E-state index in [1.54, 1.807) is 35.9 Å². The normalized spacial score (nSPS) is 20.7. The van der Waals surface area contributed by atoms with E-state index in [0.717, 1.165) is 31.1 Å². The first-order chi connectivity index (χ1) is 15.1. The molecule has 2 aliphatic heterocycles. The third-order valence-electron chi connectivity index (χ3n) is 6.24. The second kappa shape index (κ2) is 6.77. The zero-order valence-electron chi connectivity index (χ0n) is 16.8. The molecule has 2 fully saturated rings. The second-order valence-corrected chi connectivity index (χ2v) is 8.86. The summed E-state index contributed by atoms with van der Waals surface area (Å²) in [4.78, 5) is 37.3. The minimum Gasteiger partial charge on any atom is -0.344 e. The van der Waals surface area contributed by atoms with Crippen molar-refractivity contribution < 1.29 is 4.79 Å². The molecule has 0 saturated carbocycles. The van der Waals surface area contributed by atoms with Crippen molar-refractivity contribution in [2.75, 3.05) is 18.0 Å². The fourth-order valence-corrected chi connectivity index (χ4v) is 5.43. The lowest BCUT2D eigenvalue weighted by atomic mass is 10.1. The van der Waals surface area contributed by atoms with Gasteiger partial charge in [-0.15, -0.1) is 16.4 Å². The highest BCUT2D eigenvalue weighted by atomic mass is 32.1. The number of carbonyl (C=O) groups excluding carboxylic acids is 1. The Morgan fingerprint density at radius 3 is 2.81 bits per heavy atom. The van der Waals surface area contributed by atoms with Crippen LogP contribution in [0.2, 0.25) is 0 Å². The summed E-state index contributed by atoms with van der Waals surface area (Å²) in [5.74, 6) is 0.265. The summed E-state index contributed by atoms with van der Waals surface area (Å²) in [6.07, 6.45) is 7.08. The number of amides is 1. The Hall–Kier alpha value is -3.47. The number of nitrogens with one attached hydrogen (secondary N) is 1. The van der Waals surface area contributed by atoms with Crippen molar-refractivity contribution >= 4 is 27.9 Å². The van der Waals surface area contributed by atoms with Crippen molar-refractivity contribution in [1.29, 1.82) is 0 Å². The van der Waals surface area contributed by atoms with Crippen LogP contribution < -0.4 is 10.5 Å². The van der Waals surface area contributed by atoms with E-state index in [2.05, 4.69) is 25.1 Å². The van der Waals surface area contributed by atoms with Gasteiger partial charge in [-0.05, 0) is 31.9 Å². The Morgan fingerprint density at radius 1 is 1.26 bits per heavy atom. The fraction of sp³-hybridized carbons (Fsp3) is 0.350. The molecule has 10 nitrogen and oxygen atoms in total. The fourth-order valence-electron chi connectivity index (χ4n) is 4.76. The topological polar surface area (TPSA) is 104 Å². The summed E-state index contributed by atoms with van der Waals surface area (Å²) >= 11 is 1.63. The number of hydrogen-bond acceptors (Lipinski definition) is 7. The number of H-pyrrole nitrogens is 1. The van der Waals surface area contributed by atoms with Gasteiger partial charge < -0.3 is 9.80 Å². The lowest BCUT2D eigenvalue weighted by molar-refractivity contribution is 0.0641. The number of rotatable bonds is 3. The van der Waals surface area contributed by atoms with Crippen molar-refractivity contribution in [1.82, 2.24) is 34.3 Å². The summed E-state index contributed by atoms with van der Waals surface area (Å²) in [5, 5.41) is 11.8. The first-order valence-corrected chi connectivity index (χ1v) is 11.1. The van der Waals surface area contributed by atoms with Gasteiger partial charge in [0, 0.05) is 30.9 Å². The number of carbonyl (C=O) groups is 1. The van der Waals surface area contributed by atoms with E-state index in [4.69, 9.17) is 0 Å². The summed E-state index contributed by atoms with van der Waals surface area (Å²) in [5.41, 5.74) is 1.39. The third kappa shape index (κ3) is 2.80. The lowest BCUT2D eigenvalue weighted by Crippen LogP contribution is -2.56. The van der Waals surface area contributed by atoms with E-state index in [0.29, 0.717) is 16.8 Å². The molecule has 2 saturated heterocycles. The van der Waals surface area contributed by atoms with Gasteiger partial charge in [0.05, 0.1) is 29.5 Å². The Bertz CT molecular complexity index is 1320. The van der Waals surface area contributed by atoms with E-state index in [1.165, 1.54) is 9.20 Å².